The molecule has 2 heterocycles. The van der Waals surface area contributed by atoms with Gasteiger partial charge in [-0.2, -0.15) is 4.98 Å². The van der Waals surface area contributed by atoms with Crippen LogP contribution < -0.4 is 9.64 Å². The maximum Gasteiger partial charge on any atom is 0.241 e. The Bertz CT molecular complexity index is 899. The molecule has 0 bridgehead atoms. The highest BCUT2D eigenvalue weighted by Gasteiger charge is 2.21. The van der Waals surface area contributed by atoms with E-state index in [0.717, 1.165) is 37.5 Å². The van der Waals surface area contributed by atoms with E-state index in [4.69, 9.17) is 9.26 Å². The third-order valence-corrected chi connectivity index (χ3v) is 5.01. The number of ether oxygens (including phenoxy) is 1. The van der Waals surface area contributed by atoms with Gasteiger partial charge in [0.15, 0.2) is 0 Å². The number of aromatic nitrogens is 2. The lowest BCUT2D eigenvalue weighted by molar-refractivity contribution is 0.215. The largest absolute Gasteiger partial charge is 0.492 e. The molecule has 1 fully saturated rings. The van der Waals surface area contributed by atoms with E-state index in [9.17, 15) is 0 Å². The SMILES string of the molecule is CCOc1ccccc1N1CCN(Cc2nc(-c3ccc(C)cc3)no2)CC1. The summed E-state index contributed by atoms with van der Waals surface area (Å²) in [6.45, 7) is 9.23. The number of hydrogen-bond donors (Lipinski definition) is 0. The van der Waals surface area contributed by atoms with Gasteiger partial charge in [-0.15, -0.1) is 0 Å². The monoisotopic (exact) mass is 378 g/mol. The Morgan fingerprint density at radius 1 is 1.00 bits per heavy atom. The summed E-state index contributed by atoms with van der Waals surface area (Å²) >= 11 is 0. The molecule has 146 valence electrons. The zero-order chi connectivity index (χ0) is 19.3. The molecule has 4 rings (SSSR count). The average molecular weight is 378 g/mol. The zero-order valence-corrected chi connectivity index (χ0v) is 16.5. The standard InChI is InChI=1S/C22H26N4O2/c1-3-27-20-7-5-4-6-19(20)26-14-12-25(13-15-26)16-21-23-22(24-28-21)18-10-8-17(2)9-11-18/h4-11H,3,12-16H2,1-2H3. The summed E-state index contributed by atoms with van der Waals surface area (Å²) in [7, 11) is 0. The molecule has 28 heavy (non-hydrogen) atoms. The first-order valence-electron chi connectivity index (χ1n) is 9.81. The van der Waals surface area contributed by atoms with Gasteiger partial charge in [-0.25, -0.2) is 0 Å². The second-order valence-electron chi connectivity index (χ2n) is 7.04. The van der Waals surface area contributed by atoms with Crippen molar-refractivity contribution in [3.05, 3.63) is 60.0 Å². The van der Waals surface area contributed by atoms with Gasteiger partial charge in [0.25, 0.3) is 0 Å². The molecule has 1 aromatic heterocycles. The summed E-state index contributed by atoms with van der Waals surface area (Å²) in [6, 6.07) is 16.4. The molecule has 1 aliphatic heterocycles. The molecule has 0 spiro atoms. The van der Waals surface area contributed by atoms with E-state index in [1.54, 1.807) is 0 Å². The topological polar surface area (TPSA) is 54.6 Å². The summed E-state index contributed by atoms with van der Waals surface area (Å²) in [6.07, 6.45) is 0. The normalized spacial score (nSPS) is 15.0. The molecule has 0 saturated carbocycles. The van der Waals surface area contributed by atoms with Crippen molar-refractivity contribution in [1.82, 2.24) is 15.0 Å². The second-order valence-corrected chi connectivity index (χ2v) is 7.04. The predicted octanol–water partition coefficient (Wildman–Crippen LogP) is 3.77. The van der Waals surface area contributed by atoms with Gasteiger partial charge in [0.2, 0.25) is 11.7 Å². The van der Waals surface area contributed by atoms with Crippen LogP contribution in [0.2, 0.25) is 0 Å². The Kier molecular flexibility index (Phi) is 5.58. The van der Waals surface area contributed by atoms with Crippen LogP contribution in [0.3, 0.4) is 0 Å². The van der Waals surface area contributed by atoms with Gasteiger partial charge in [0, 0.05) is 31.7 Å². The van der Waals surface area contributed by atoms with Crippen molar-refractivity contribution in [2.45, 2.75) is 20.4 Å². The van der Waals surface area contributed by atoms with Crippen LogP contribution in [-0.2, 0) is 6.54 Å². The highest BCUT2D eigenvalue weighted by molar-refractivity contribution is 5.58. The van der Waals surface area contributed by atoms with Crippen LogP contribution in [-0.4, -0.2) is 47.8 Å². The maximum atomic E-state index is 5.78. The van der Waals surface area contributed by atoms with E-state index >= 15 is 0 Å². The highest BCUT2D eigenvalue weighted by atomic mass is 16.5. The number of benzene rings is 2. The molecule has 6 heteroatoms. The molecule has 2 aromatic carbocycles. The van der Waals surface area contributed by atoms with Crippen LogP contribution in [0.1, 0.15) is 18.4 Å². The molecule has 1 aliphatic rings. The van der Waals surface area contributed by atoms with E-state index in [1.165, 1.54) is 11.3 Å². The molecule has 0 unspecified atom stereocenters. The molecule has 0 N–H and O–H groups in total. The Hall–Kier alpha value is -2.86. The van der Waals surface area contributed by atoms with Crippen molar-refractivity contribution >= 4 is 5.69 Å². The fourth-order valence-electron chi connectivity index (χ4n) is 3.47. The smallest absolute Gasteiger partial charge is 0.241 e. The van der Waals surface area contributed by atoms with Crippen molar-refractivity contribution in [2.24, 2.45) is 0 Å². The number of para-hydroxylation sites is 2. The van der Waals surface area contributed by atoms with Gasteiger partial charge in [0.05, 0.1) is 18.8 Å². The first-order chi connectivity index (χ1) is 13.7. The van der Waals surface area contributed by atoms with Gasteiger partial charge in [-0.3, -0.25) is 4.90 Å². The van der Waals surface area contributed by atoms with E-state index in [-0.39, 0.29) is 0 Å². The van der Waals surface area contributed by atoms with Crippen molar-refractivity contribution in [3.8, 4) is 17.1 Å². The first-order valence-corrected chi connectivity index (χ1v) is 9.81. The minimum Gasteiger partial charge on any atom is -0.492 e. The third-order valence-electron chi connectivity index (χ3n) is 5.01. The Morgan fingerprint density at radius 2 is 1.75 bits per heavy atom. The van der Waals surface area contributed by atoms with Crippen molar-refractivity contribution < 1.29 is 9.26 Å². The number of rotatable bonds is 6. The van der Waals surface area contributed by atoms with E-state index in [0.29, 0.717) is 24.9 Å². The number of piperazine rings is 1. The van der Waals surface area contributed by atoms with Crippen LogP contribution in [0.5, 0.6) is 5.75 Å². The van der Waals surface area contributed by atoms with E-state index in [2.05, 4.69) is 51.1 Å². The molecule has 6 nitrogen and oxygen atoms in total. The zero-order valence-electron chi connectivity index (χ0n) is 16.5. The van der Waals surface area contributed by atoms with Crippen LogP contribution in [0, 0.1) is 6.92 Å². The number of hydrogen-bond acceptors (Lipinski definition) is 6. The number of anilines is 1. The predicted molar refractivity (Wildman–Crippen MR) is 110 cm³/mol. The van der Waals surface area contributed by atoms with Crippen molar-refractivity contribution in [2.75, 3.05) is 37.7 Å². The van der Waals surface area contributed by atoms with Crippen LogP contribution >= 0.6 is 0 Å². The Morgan fingerprint density at radius 3 is 2.50 bits per heavy atom. The van der Waals surface area contributed by atoms with Gasteiger partial charge in [-0.1, -0.05) is 47.1 Å². The lowest BCUT2D eigenvalue weighted by Gasteiger charge is -2.36. The van der Waals surface area contributed by atoms with Crippen LogP contribution in [0.25, 0.3) is 11.4 Å². The quantitative estimate of drug-likeness (QED) is 0.651. The maximum absolute atomic E-state index is 5.78. The lowest BCUT2D eigenvalue weighted by Crippen LogP contribution is -2.46. The fourth-order valence-corrected chi connectivity index (χ4v) is 3.47. The summed E-state index contributed by atoms with van der Waals surface area (Å²) < 4.78 is 11.3. The van der Waals surface area contributed by atoms with E-state index < -0.39 is 0 Å². The summed E-state index contributed by atoms with van der Waals surface area (Å²) in [5, 5.41) is 4.14. The summed E-state index contributed by atoms with van der Waals surface area (Å²) in [5.41, 5.74) is 3.37. The second kappa shape index (κ2) is 8.44. The average Bonchev–Trinajstić information content (AvgIpc) is 3.18. The fraction of sp³-hybridized carbons (Fsp3) is 0.364. The molecule has 0 amide bonds. The Labute approximate surface area is 165 Å². The molecule has 1 saturated heterocycles. The lowest BCUT2D eigenvalue weighted by atomic mass is 10.1. The number of aryl methyl sites for hydroxylation is 1. The minimum atomic E-state index is 0.652. The molecule has 0 atom stereocenters. The van der Waals surface area contributed by atoms with Crippen molar-refractivity contribution in [1.29, 1.82) is 0 Å². The first kappa shape index (κ1) is 18.5. The number of nitrogens with zero attached hydrogens (tertiary/aromatic N) is 4. The summed E-state index contributed by atoms with van der Waals surface area (Å²) in [5.74, 6) is 2.27. The molecular weight excluding hydrogens is 352 g/mol. The summed E-state index contributed by atoms with van der Waals surface area (Å²) in [4.78, 5) is 9.30. The third kappa shape index (κ3) is 4.17. The van der Waals surface area contributed by atoms with Gasteiger partial charge < -0.3 is 14.2 Å². The van der Waals surface area contributed by atoms with Crippen LogP contribution in [0.15, 0.2) is 53.1 Å². The Balaban J connectivity index is 1.36. The highest BCUT2D eigenvalue weighted by Crippen LogP contribution is 2.29. The van der Waals surface area contributed by atoms with Crippen LogP contribution in [0.4, 0.5) is 5.69 Å². The van der Waals surface area contributed by atoms with Gasteiger partial charge in [-0.05, 0) is 26.0 Å². The minimum absolute atomic E-state index is 0.652. The van der Waals surface area contributed by atoms with Gasteiger partial charge in [0.1, 0.15) is 5.75 Å². The van der Waals surface area contributed by atoms with Crippen molar-refractivity contribution in [3.63, 3.8) is 0 Å². The molecular formula is C22H26N4O2. The van der Waals surface area contributed by atoms with E-state index in [1.807, 2.05) is 31.2 Å². The van der Waals surface area contributed by atoms with Gasteiger partial charge >= 0.3 is 0 Å². The molecule has 0 aliphatic carbocycles. The molecule has 3 aromatic rings. The molecule has 0 radical (unpaired) electrons.